The fourth-order valence-electron chi connectivity index (χ4n) is 2.64. The Kier molecular flexibility index (Phi) is 4.70. The quantitative estimate of drug-likeness (QED) is 0.889. The number of hydrogen-bond donors (Lipinski definition) is 2. The molecule has 4 heteroatoms. The summed E-state index contributed by atoms with van der Waals surface area (Å²) in [5, 5.41) is 19.6. The van der Waals surface area contributed by atoms with Crippen molar-refractivity contribution in [3.8, 4) is 0 Å². The molecule has 2 rings (SSSR count). The van der Waals surface area contributed by atoms with Crippen molar-refractivity contribution in [1.82, 2.24) is 0 Å². The first-order valence-electron chi connectivity index (χ1n) is 6.74. The summed E-state index contributed by atoms with van der Waals surface area (Å²) >= 11 is 0. The van der Waals surface area contributed by atoms with Crippen molar-refractivity contribution in [1.29, 1.82) is 0 Å². The van der Waals surface area contributed by atoms with Crippen LogP contribution in [0.1, 0.15) is 16.7 Å². The lowest BCUT2D eigenvalue weighted by molar-refractivity contribution is 0.115. The molecule has 0 aliphatic carbocycles. The molecule has 2 nitrogen and oxygen atoms in total. The van der Waals surface area contributed by atoms with Gasteiger partial charge in [-0.05, 0) is 42.2 Å². The third kappa shape index (κ3) is 3.12. The molecule has 0 amide bonds. The highest BCUT2D eigenvalue weighted by atomic mass is 19.2. The van der Waals surface area contributed by atoms with Gasteiger partial charge in [0.2, 0.25) is 0 Å². The third-order valence-corrected chi connectivity index (χ3v) is 3.85. The molecule has 2 aromatic rings. The Morgan fingerprint density at radius 3 is 2.19 bits per heavy atom. The minimum Gasteiger partial charge on any atom is -0.395 e. The van der Waals surface area contributed by atoms with Gasteiger partial charge in [-0.25, -0.2) is 8.78 Å². The van der Waals surface area contributed by atoms with Crippen molar-refractivity contribution in [2.75, 3.05) is 13.2 Å². The minimum absolute atomic E-state index is 0.224. The number of hydrogen-bond acceptors (Lipinski definition) is 2. The molecule has 2 aromatic carbocycles. The molecule has 2 N–H and O–H groups in total. The largest absolute Gasteiger partial charge is 0.395 e. The Labute approximate surface area is 122 Å². The first-order chi connectivity index (χ1) is 10.0. The SMILES string of the molecule is Cc1ccccc1C(CO)(CO)Cc1ccc(F)c(F)c1. The van der Waals surface area contributed by atoms with Crippen molar-refractivity contribution in [2.45, 2.75) is 18.8 Å². The molecule has 0 atom stereocenters. The number of aryl methyl sites for hydroxylation is 1. The number of aliphatic hydroxyl groups is 2. The number of benzene rings is 2. The highest BCUT2D eigenvalue weighted by Gasteiger charge is 2.32. The molecule has 21 heavy (non-hydrogen) atoms. The van der Waals surface area contributed by atoms with Gasteiger partial charge in [0.05, 0.1) is 13.2 Å². The average molecular weight is 292 g/mol. The summed E-state index contributed by atoms with van der Waals surface area (Å²) < 4.78 is 26.4. The zero-order valence-electron chi connectivity index (χ0n) is 11.8. The zero-order valence-corrected chi connectivity index (χ0v) is 11.8. The van der Waals surface area contributed by atoms with E-state index in [4.69, 9.17) is 0 Å². The van der Waals surface area contributed by atoms with Gasteiger partial charge in [0.25, 0.3) is 0 Å². The molecule has 0 bridgehead atoms. The van der Waals surface area contributed by atoms with Crippen LogP contribution < -0.4 is 0 Å². The topological polar surface area (TPSA) is 40.5 Å². The van der Waals surface area contributed by atoms with E-state index >= 15 is 0 Å². The second-order valence-corrected chi connectivity index (χ2v) is 5.34. The lowest BCUT2D eigenvalue weighted by atomic mass is 9.75. The molecule has 0 spiro atoms. The van der Waals surface area contributed by atoms with Crippen molar-refractivity contribution in [3.63, 3.8) is 0 Å². The van der Waals surface area contributed by atoms with E-state index in [1.165, 1.54) is 6.07 Å². The fourth-order valence-corrected chi connectivity index (χ4v) is 2.64. The van der Waals surface area contributed by atoms with E-state index in [-0.39, 0.29) is 19.6 Å². The molecule has 0 heterocycles. The van der Waals surface area contributed by atoms with Crippen LogP contribution in [0.5, 0.6) is 0 Å². The van der Waals surface area contributed by atoms with Gasteiger partial charge in [-0.3, -0.25) is 0 Å². The molecule has 112 valence electrons. The van der Waals surface area contributed by atoms with E-state index in [0.717, 1.165) is 23.3 Å². The Bertz CT molecular complexity index is 622. The lowest BCUT2D eigenvalue weighted by Crippen LogP contribution is -2.38. The van der Waals surface area contributed by atoms with E-state index in [0.29, 0.717) is 5.56 Å². The summed E-state index contributed by atoms with van der Waals surface area (Å²) in [6, 6.07) is 11.1. The van der Waals surface area contributed by atoms with Crippen LogP contribution in [0.25, 0.3) is 0 Å². The van der Waals surface area contributed by atoms with Gasteiger partial charge in [-0.2, -0.15) is 0 Å². The fraction of sp³-hybridized carbons (Fsp3) is 0.294. The van der Waals surface area contributed by atoms with Crippen LogP contribution in [0.3, 0.4) is 0 Å². The molecule has 0 aromatic heterocycles. The van der Waals surface area contributed by atoms with Crippen LogP contribution in [0.4, 0.5) is 8.78 Å². The summed E-state index contributed by atoms with van der Waals surface area (Å²) in [7, 11) is 0. The molecule has 0 fully saturated rings. The number of halogens is 2. The monoisotopic (exact) mass is 292 g/mol. The number of aliphatic hydroxyl groups excluding tert-OH is 2. The molecular formula is C17H18F2O2. The van der Waals surface area contributed by atoms with Crippen molar-refractivity contribution in [3.05, 3.63) is 70.8 Å². The normalized spacial score (nSPS) is 11.7. The van der Waals surface area contributed by atoms with Gasteiger partial charge in [-0.15, -0.1) is 0 Å². The maximum Gasteiger partial charge on any atom is 0.159 e. The molecular weight excluding hydrogens is 274 g/mol. The summed E-state index contributed by atoms with van der Waals surface area (Å²) in [5.74, 6) is -1.84. The smallest absolute Gasteiger partial charge is 0.159 e. The van der Waals surface area contributed by atoms with Gasteiger partial charge >= 0.3 is 0 Å². The van der Waals surface area contributed by atoms with Crippen molar-refractivity contribution >= 4 is 0 Å². The van der Waals surface area contributed by atoms with Crippen LogP contribution in [0, 0.1) is 18.6 Å². The van der Waals surface area contributed by atoms with E-state index in [2.05, 4.69) is 0 Å². The van der Waals surface area contributed by atoms with E-state index in [9.17, 15) is 19.0 Å². The maximum atomic E-state index is 13.3. The maximum absolute atomic E-state index is 13.3. The van der Waals surface area contributed by atoms with Gasteiger partial charge in [0, 0.05) is 5.41 Å². The summed E-state index contributed by atoms with van der Waals surface area (Å²) in [6.45, 7) is 1.32. The molecule has 0 saturated heterocycles. The summed E-state index contributed by atoms with van der Waals surface area (Å²) in [6.07, 6.45) is 0.224. The highest BCUT2D eigenvalue weighted by Crippen LogP contribution is 2.30. The predicted octanol–water partition coefficient (Wildman–Crippen LogP) is 2.74. The molecule has 0 radical (unpaired) electrons. The van der Waals surface area contributed by atoms with Gasteiger partial charge in [-0.1, -0.05) is 30.3 Å². The van der Waals surface area contributed by atoms with E-state index in [1.54, 1.807) is 0 Å². The first kappa shape index (κ1) is 15.6. The molecule has 0 aliphatic heterocycles. The van der Waals surface area contributed by atoms with Gasteiger partial charge in [0.1, 0.15) is 0 Å². The zero-order chi connectivity index (χ0) is 15.5. The Morgan fingerprint density at radius 2 is 1.62 bits per heavy atom. The third-order valence-electron chi connectivity index (χ3n) is 3.85. The summed E-state index contributed by atoms with van der Waals surface area (Å²) in [4.78, 5) is 0. The van der Waals surface area contributed by atoms with E-state index in [1.807, 2.05) is 31.2 Å². The van der Waals surface area contributed by atoms with Crippen LogP contribution in [-0.2, 0) is 11.8 Å². The van der Waals surface area contributed by atoms with Crippen LogP contribution in [0.15, 0.2) is 42.5 Å². The lowest BCUT2D eigenvalue weighted by Gasteiger charge is -2.32. The predicted molar refractivity (Wildman–Crippen MR) is 77.1 cm³/mol. The Hall–Kier alpha value is -1.78. The van der Waals surface area contributed by atoms with Crippen molar-refractivity contribution in [2.24, 2.45) is 0 Å². The number of rotatable bonds is 5. The standard InChI is InChI=1S/C17H18F2O2/c1-12-4-2-3-5-14(12)17(10-20,11-21)9-13-6-7-15(18)16(19)8-13/h2-8,20-21H,9-11H2,1H3. The Morgan fingerprint density at radius 1 is 0.952 bits per heavy atom. The van der Waals surface area contributed by atoms with Crippen LogP contribution >= 0.6 is 0 Å². The molecule has 0 aliphatic rings. The average Bonchev–Trinajstić information content (AvgIpc) is 2.49. The van der Waals surface area contributed by atoms with Gasteiger partial charge in [0.15, 0.2) is 11.6 Å². The van der Waals surface area contributed by atoms with Crippen molar-refractivity contribution < 1.29 is 19.0 Å². The first-order valence-corrected chi connectivity index (χ1v) is 6.74. The second kappa shape index (κ2) is 6.33. The van der Waals surface area contributed by atoms with Crippen LogP contribution in [-0.4, -0.2) is 23.4 Å². The second-order valence-electron chi connectivity index (χ2n) is 5.34. The molecule has 0 saturated carbocycles. The van der Waals surface area contributed by atoms with Crippen LogP contribution in [0.2, 0.25) is 0 Å². The summed E-state index contributed by atoms with van der Waals surface area (Å²) in [5.41, 5.74) is 1.35. The highest BCUT2D eigenvalue weighted by molar-refractivity contribution is 5.36. The molecule has 0 unspecified atom stereocenters. The van der Waals surface area contributed by atoms with E-state index < -0.39 is 17.0 Å². The van der Waals surface area contributed by atoms with Gasteiger partial charge < -0.3 is 10.2 Å². The Balaban J connectivity index is 2.43. The minimum atomic E-state index is -0.929.